The molecule has 0 aliphatic carbocycles. The number of primary amides is 1. The van der Waals surface area contributed by atoms with Gasteiger partial charge in [-0.25, -0.2) is 4.39 Å². The summed E-state index contributed by atoms with van der Waals surface area (Å²) in [4.78, 5) is 12.7. The first kappa shape index (κ1) is 15.4. The average Bonchev–Trinajstić information content (AvgIpc) is 2.33. The molecule has 0 heterocycles. The molecule has 0 saturated carbocycles. The van der Waals surface area contributed by atoms with E-state index in [0.29, 0.717) is 24.8 Å². The topological polar surface area (TPSA) is 58.4 Å². The summed E-state index contributed by atoms with van der Waals surface area (Å²) >= 11 is 0. The molecule has 0 aliphatic rings. The van der Waals surface area contributed by atoms with Gasteiger partial charge in [0.15, 0.2) is 0 Å². The van der Waals surface area contributed by atoms with Crippen LogP contribution in [0.3, 0.4) is 0 Å². The van der Waals surface area contributed by atoms with E-state index < -0.39 is 5.91 Å². The summed E-state index contributed by atoms with van der Waals surface area (Å²) < 4.78 is 14.0. The zero-order valence-electron chi connectivity index (χ0n) is 11.7. The molecular formula is C14H22FN3O. The third-order valence-corrected chi connectivity index (χ3v) is 2.82. The smallest absolute Gasteiger partial charge is 0.236 e. The molecule has 3 N–H and O–H groups in total. The Kier molecular flexibility index (Phi) is 5.76. The summed E-state index contributed by atoms with van der Waals surface area (Å²) in [5.41, 5.74) is 6.50. The third kappa shape index (κ3) is 4.52. The maximum Gasteiger partial charge on any atom is 0.236 e. The molecule has 0 spiro atoms. The van der Waals surface area contributed by atoms with E-state index in [-0.39, 0.29) is 12.4 Å². The van der Waals surface area contributed by atoms with Gasteiger partial charge in [0.25, 0.3) is 0 Å². The minimum absolute atomic E-state index is 0.0200. The van der Waals surface area contributed by atoms with Gasteiger partial charge in [-0.05, 0) is 18.6 Å². The number of hydrogen-bond acceptors (Lipinski definition) is 3. The van der Waals surface area contributed by atoms with Crippen molar-refractivity contribution in [2.45, 2.75) is 33.4 Å². The third-order valence-electron chi connectivity index (χ3n) is 2.82. The van der Waals surface area contributed by atoms with Gasteiger partial charge in [-0.15, -0.1) is 0 Å². The highest BCUT2D eigenvalue weighted by atomic mass is 19.1. The highest BCUT2D eigenvalue weighted by Crippen LogP contribution is 2.24. The number of carbonyl (C=O) groups excluding carboxylic acids is 1. The Labute approximate surface area is 113 Å². The molecule has 1 aromatic carbocycles. The number of rotatable bonds is 7. The van der Waals surface area contributed by atoms with Crippen LogP contribution >= 0.6 is 0 Å². The number of nitrogens with zero attached hydrogens (tertiary/aromatic N) is 1. The second-order valence-corrected chi connectivity index (χ2v) is 4.76. The number of carbonyl (C=O) groups is 1. The van der Waals surface area contributed by atoms with E-state index >= 15 is 0 Å². The van der Waals surface area contributed by atoms with Crippen LogP contribution in [0, 0.1) is 5.82 Å². The van der Waals surface area contributed by atoms with Crippen LogP contribution in [0.15, 0.2) is 18.2 Å². The molecule has 1 rings (SSSR count). The first-order valence-electron chi connectivity index (χ1n) is 6.49. The van der Waals surface area contributed by atoms with Crippen LogP contribution in [0.4, 0.5) is 10.1 Å². The lowest BCUT2D eigenvalue weighted by molar-refractivity contribution is -0.116. The van der Waals surface area contributed by atoms with E-state index in [1.807, 2.05) is 26.8 Å². The molecule has 5 heteroatoms. The summed E-state index contributed by atoms with van der Waals surface area (Å²) in [6.45, 7) is 7.03. The molecule has 0 aliphatic heterocycles. The van der Waals surface area contributed by atoms with Crippen molar-refractivity contribution in [3.8, 4) is 0 Å². The van der Waals surface area contributed by atoms with Gasteiger partial charge in [0.1, 0.15) is 5.82 Å². The maximum atomic E-state index is 14.0. The summed E-state index contributed by atoms with van der Waals surface area (Å²) in [5, 5.41) is 3.25. The van der Waals surface area contributed by atoms with Crippen LogP contribution in [0.25, 0.3) is 0 Å². The number of hydrogen-bond donors (Lipinski definition) is 2. The summed E-state index contributed by atoms with van der Waals surface area (Å²) in [7, 11) is 0. The fraction of sp³-hybridized carbons (Fsp3) is 0.500. The quantitative estimate of drug-likeness (QED) is 0.789. The average molecular weight is 267 g/mol. The highest BCUT2D eigenvalue weighted by molar-refractivity contribution is 5.80. The fourth-order valence-corrected chi connectivity index (χ4v) is 1.91. The molecule has 0 aromatic heterocycles. The van der Waals surface area contributed by atoms with Crippen molar-refractivity contribution in [1.82, 2.24) is 5.32 Å². The Morgan fingerprint density at radius 3 is 2.68 bits per heavy atom. The van der Waals surface area contributed by atoms with Gasteiger partial charge in [-0.2, -0.15) is 0 Å². The predicted molar refractivity (Wildman–Crippen MR) is 75.5 cm³/mol. The molecule has 0 atom stereocenters. The standard InChI is InChI=1S/C14H22FN3O/c1-4-18(9-13(16)19)14-11(8-17-10(2)3)6-5-7-12(14)15/h5-7,10,17H,4,8-9H2,1-3H3,(H2,16,19). The largest absolute Gasteiger partial charge is 0.368 e. The Morgan fingerprint density at radius 1 is 1.47 bits per heavy atom. The molecule has 0 radical (unpaired) electrons. The molecule has 0 saturated heterocycles. The zero-order chi connectivity index (χ0) is 14.4. The van der Waals surface area contributed by atoms with E-state index in [4.69, 9.17) is 5.73 Å². The molecule has 0 bridgehead atoms. The van der Waals surface area contributed by atoms with Gasteiger partial charge in [0.2, 0.25) is 5.91 Å². The van der Waals surface area contributed by atoms with Gasteiger partial charge in [0, 0.05) is 19.1 Å². The molecular weight excluding hydrogens is 245 g/mol. The Bertz CT molecular complexity index is 435. The van der Waals surface area contributed by atoms with Crippen molar-refractivity contribution in [3.63, 3.8) is 0 Å². The van der Waals surface area contributed by atoms with Crippen LogP contribution in [0.1, 0.15) is 26.3 Å². The first-order valence-corrected chi connectivity index (χ1v) is 6.49. The van der Waals surface area contributed by atoms with Crippen molar-refractivity contribution in [3.05, 3.63) is 29.6 Å². The van der Waals surface area contributed by atoms with Crippen molar-refractivity contribution in [2.24, 2.45) is 5.73 Å². The number of nitrogens with one attached hydrogen (secondary N) is 1. The first-order chi connectivity index (χ1) is 8.95. The second kappa shape index (κ2) is 7.09. The van der Waals surface area contributed by atoms with Gasteiger partial charge in [-0.3, -0.25) is 4.79 Å². The van der Waals surface area contributed by atoms with Crippen LogP contribution in [-0.4, -0.2) is 25.0 Å². The molecule has 19 heavy (non-hydrogen) atoms. The predicted octanol–water partition coefficient (Wildman–Crippen LogP) is 1.64. The lowest BCUT2D eigenvalue weighted by atomic mass is 10.1. The van der Waals surface area contributed by atoms with Gasteiger partial charge in [-0.1, -0.05) is 26.0 Å². The highest BCUT2D eigenvalue weighted by Gasteiger charge is 2.16. The fourth-order valence-electron chi connectivity index (χ4n) is 1.91. The van der Waals surface area contributed by atoms with E-state index in [1.54, 1.807) is 11.0 Å². The number of halogens is 1. The molecule has 0 unspecified atom stereocenters. The number of likely N-dealkylation sites (N-methyl/N-ethyl adjacent to an activating group) is 1. The Morgan fingerprint density at radius 2 is 2.16 bits per heavy atom. The minimum Gasteiger partial charge on any atom is -0.368 e. The summed E-state index contributed by atoms with van der Waals surface area (Å²) in [6.07, 6.45) is 0. The monoisotopic (exact) mass is 267 g/mol. The van der Waals surface area contributed by atoms with Crippen LogP contribution < -0.4 is 16.0 Å². The number of para-hydroxylation sites is 1. The SMILES string of the molecule is CCN(CC(N)=O)c1c(F)cccc1CNC(C)C. The Hall–Kier alpha value is -1.62. The molecule has 0 fully saturated rings. The molecule has 1 amide bonds. The number of nitrogens with two attached hydrogens (primary N) is 1. The Balaban J connectivity index is 3.04. The number of benzene rings is 1. The van der Waals surface area contributed by atoms with Gasteiger partial charge >= 0.3 is 0 Å². The van der Waals surface area contributed by atoms with Crippen LogP contribution in [0.2, 0.25) is 0 Å². The maximum absolute atomic E-state index is 14.0. The van der Waals surface area contributed by atoms with E-state index in [1.165, 1.54) is 6.07 Å². The van der Waals surface area contributed by atoms with E-state index in [9.17, 15) is 9.18 Å². The number of anilines is 1. The summed E-state index contributed by atoms with van der Waals surface area (Å²) in [6, 6.07) is 5.24. The number of amides is 1. The lowest BCUT2D eigenvalue weighted by Gasteiger charge is -2.25. The van der Waals surface area contributed by atoms with Crippen molar-refractivity contribution < 1.29 is 9.18 Å². The van der Waals surface area contributed by atoms with Gasteiger partial charge < -0.3 is 16.0 Å². The molecule has 1 aromatic rings. The van der Waals surface area contributed by atoms with Crippen molar-refractivity contribution in [1.29, 1.82) is 0 Å². The van der Waals surface area contributed by atoms with E-state index in [0.717, 1.165) is 5.56 Å². The minimum atomic E-state index is -0.465. The molecule has 4 nitrogen and oxygen atoms in total. The van der Waals surface area contributed by atoms with Crippen molar-refractivity contribution in [2.75, 3.05) is 18.0 Å². The molecule has 106 valence electrons. The van der Waals surface area contributed by atoms with E-state index in [2.05, 4.69) is 5.32 Å². The van der Waals surface area contributed by atoms with Crippen LogP contribution in [0.5, 0.6) is 0 Å². The lowest BCUT2D eigenvalue weighted by Crippen LogP contribution is -2.35. The summed E-state index contributed by atoms with van der Waals surface area (Å²) in [5.74, 6) is -0.793. The zero-order valence-corrected chi connectivity index (χ0v) is 11.7. The normalized spacial score (nSPS) is 10.8. The van der Waals surface area contributed by atoms with Gasteiger partial charge in [0.05, 0.1) is 12.2 Å². The van der Waals surface area contributed by atoms with Crippen molar-refractivity contribution >= 4 is 11.6 Å². The van der Waals surface area contributed by atoms with Crippen LogP contribution in [-0.2, 0) is 11.3 Å². The second-order valence-electron chi connectivity index (χ2n) is 4.76.